The van der Waals surface area contributed by atoms with E-state index in [2.05, 4.69) is 23.3 Å². The molecular formula is C20H17N3O. The molecule has 4 rings (SSSR count). The Hall–Kier alpha value is -3.14. The Bertz CT molecular complexity index is 892. The maximum atomic E-state index is 12.9. The van der Waals surface area contributed by atoms with Crippen molar-refractivity contribution >= 4 is 17.3 Å². The zero-order valence-electron chi connectivity index (χ0n) is 13.3. The number of amides is 1. The highest BCUT2D eigenvalue weighted by Gasteiger charge is 2.37. The van der Waals surface area contributed by atoms with Crippen LogP contribution in [0.5, 0.6) is 0 Å². The molecule has 1 unspecified atom stereocenters. The lowest BCUT2D eigenvalue weighted by Gasteiger charge is -2.27. The summed E-state index contributed by atoms with van der Waals surface area (Å²) >= 11 is 0. The summed E-state index contributed by atoms with van der Waals surface area (Å²) in [6.07, 6.45) is 3.18. The summed E-state index contributed by atoms with van der Waals surface area (Å²) in [5.74, 6) is -0.00955. The third-order valence-electron chi connectivity index (χ3n) is 4.32. The van der Waals surface area contributed by atoms with E-state index >= 15 is 0 Å². The maximum absolute atomic E-state index is 12.9. The first-order valence-corrected chi connectivity index (χ1v) is 7.90. The average Bonchev–Trinajstić information content (AvgIpc) is 2.90. The van der Waals surface area contributed by atoms with Gasteiger partial charge in [-0.25, -0.2) is 0 Å². The highest BCUT2D eigenvalue weighted by molar-refractivity contribution is 6.11. The second kappa shape index (κ2) is 5.81. The molecule has 2 heterocycles. The molecule has 0 bridgehead atoms. The number of fused-ring (bicyclic) bond motifs is 1. The van der Waals surface area contributed by atoms with Crippen molar-refractivity contribution in [2.24, 2.45) is 0 Å². The van der Waals surface area contributed by atoms with Crippen molar-refractivity contribution in [3.05, 3.63) is 89.7 Å². The van der Waals surface area contributed by atoms with Gasteiger partial charge >= 0.3 is 0 Å². The Labute approximate surface area is 140 Å². The highest BCUT2D eigenvalue weighted by Crippen LogP contribution is 2.38. The molecule has 0 fully saturated rings. The van der Waals surface area contributed by atoms with Gasteiger partial charge in [0.05, 0.1) is 11.9 Å². The normalized spacial score (nSPS) is 16.1. The van der Waals surface area contributed by atoms with Gasteiger partial charge in [-0.15, -0.1) is 0 Å². The van der Waals surface area contributed by atoms with Crippen molar-refractivity contribution < 1.29 is 4.79 Å². The number of benzene rings is 2. The fourth-order valence-corrected chi connectivity index (χ4v) is 3.10. The van der Waals surface area contributed by atoms with Crippen LogP contribution in [0.4, 0.5) is 11.4 Å². The molecule has 1 aliphatic rings. The minimum absolute atomic E-state index is 0.00955. The predicted molar refractivity (Wildman–Crippen MR) is 95.0 cm³/mol. The van der Waals surface area contributed by atoms with Gasteiger partial charge in [0.1, 0.15) is 6.17 Å². The van der Waals surface area contributed by atoms with Crippen LogP contribution in [0.2, 0.25) is 0 Å². The number of rotatable bonds is 3. The number of nitrogens with one attached hydrogen (secondary N) is 1. The summed E-state index contributed by atoms with van der Waals surface area (Å²) in [6, 6.07) is 19.6. The Morgan fingerprint density at radius 3 is 2.58 bits per heavy atom. The van der Waals surface area contributed by atoms with Crippen LogP contribution >= 0.6 is 0 Å². The third kappa shape index (κ3) is 2.33. The molecule has 2 aromatic carbocycles. The van der Waals surface area contributed by atoms with Gasteiger partial charge in [-0.1, -0.05) is 36.4 Å². The lowest BCUT2D eigenvalue weighted by molar-refractivity contribution is 0.0993. The number of aromatic nitrogens is 1. The van der Waals surface area contributed by atoms with Crippen LogP contribution in [0.15, 0.2) is 73.1 Å². The van der Waals surface area contributed by atoms with Crippen LogP contribution in [-0.2, 0) is 0 Å². The van der Waals surface area contributed by atoms with E-state index in [1.165, 1.54) is 0 Å². The number of hydrogen-bond donors (Lipinski definition) is 1. The van der Waals surface area contributed by atoms with Crippen LogP contribution in [-0.4, -0.2) is 10.9 Å². The van der Waals surface area contributed by atoms with Crippen LogP contribution in [0, 0.1) is 6.92 Å². The molecule has 3 aromatic rings. The number of nitrogens with zero attached hydrogens (tertiary/aromatic N) is 2. The molecule has 1 aromatic heterocycles. The largest absolute Gasteiger partial charge is 0.361 e. The van der Waals surface area contributed by atoms with Crippen LogP contribution < -0.4 is 10.2 Å². The number of hydrogen-bond acceptors (Lipinski definition) is 3. The molecule has 4 heteroatoms. The van der Waals surface area contributed by atoms with E-state index in [1.807, 2.05) is 54.6 Å². The van der Waals surface area contributed by atoms with Crippen LogP contribution in [0.3, 0.4) is 0 Å². The Morgan fingerprint density at radius 1 is 1.00 bits per heavy atom. The zero-order valence-corrected chi connectivity index (χ0v) is 13.3. The van der Waals surface area contributed by atoms with Crippen molar-refractivity contribution in [2.75, 3.05) is 10.2 Å². The Balaban J connectivity index is 1.81. The Kier molecular flexibility index (Phi) is 3.50. The first-order valence-electron chi connectivity index (χ1n) is 7.90. The minimum atomic E-state index is -0.251. The molecule has 1 aliphatic heterocycles. The molecule has 0 saturated carbocycles. The van der Waals surface area contributed by atoms with E-state index in [0.717, 1.165) is 28.1 Å². The molecule has 4 nitrogen and oxygen atoms in total. The summed E-state index contributed by atoms with van der Waals surface area (Å²) < 4.78 is 0. The molecule has 24 heavy (non-hydrogen) atoms. The predicted octanol–water partition coefficient (Wildman–Crippen LogP) is 4.16. The number of carbonyl (C=O) groups excluding carboxylic acids is 1. The van der Waals surface area contributed by atoms with Crippen molar-refractivity contribution in [3.8, 4) is 0 Å². The van der Waals surface area contributed by atoms with Gasteiger partial charge in [-0.3, -0.25) is 14.7 Å². The van der Waals surface area contributed by atoms with Crippen molar-refractivity contribution in [1.82, 2.24) is 4.98 Å². The molecule has 1 atom stereocenters. The molecule has 1 amide bonds. The zero-order chi connectivity index (χ0) is 16.5. The maximum Gasteiger partial charge on any atom is 0.260 e. The van der Waals surface area contributed by atoms with Gasteiger partial charge in [-0.05, 0) is 36.8 Å². The smallest absolute Gasteiger partial charge is 0.260 e. The number of para-hydroxylation sites is 1. The third-order valence-corrected chi connectivity index (χ3v) is 4.32. The quantitative estimate of drug-likeness (QED) is 0.789. The lowest BCUT2D eigenvalue weighted by Crippen LogP contribution is -2.32. The SMILES string of the molecule is Cc1ccccc1NC1c2ccccc2C(=O)N1c1cccnc1. The highest BCUT2D eigenvalue weighted by atomic mass is 16.2. The van der Waals surface area contributed by atoms with E-state index < -0.39 is 0 Å². The molecule has 0 aliphatic carbocycles. The number of anilines is 2. The van der Waals surface area contributed by atoms with Gasteiger partial charge in [0, 0.05) is 23.0 Å². The van der Waals surface area contributed by atoms with Crippen LogP contribution in [0.25, 0.3) is 0 Å². The molecule has 118 valence electrons. The first kappa shape index (κ1) is 14.5. The van der Waals surface area contributed by atoms with Crippen LogP contribution in [0.1, 0.15) is 27.7 Å². The summed E-state index contributed by atoms with van der Waals surface area (Å²) in [5.41, 5.74) is 4.65. The van der Waals surface area contributed by atoms with Gasteiger partial charge in [0.2, 0.25) is 0 Å². The average molecular weight is 315 g/mol. The minimum Gasteiger partial charge on any atom is -0.361 e. The summed E-state index contributed by atoms with van der Waals surface area (Å²) in [5, 5.41) is 3.52. The topological polar surface area (TPSA) is 45.2 Å². The first-order chi connectivity index (χ1) is 11.8. The molecule has 0 saturated heterocycles. The van der Waals surface area contributed by atoms with Crippen molar-refractivity contribution in [1.29, 1.82) is 0 Å². The van der Waals surface area contributed by atoms with Gasteiger partial charge < -0.3 is 5.32 Å². The molecule has 0 spiro atoms. The van der Waals surface area contributed by atoms with Gasteiger partial charge in [-0.2, -0.15) is 0 Å². The van der Waals surface area contributed by atoms with E-state index in [9.17, 15) is 4.79 Å². The number of aryl methyl sites for hydroxylation is 1. The fourth-order valence-electron chi connectivity index (χ4n) is 3.10. The van der Waals surface area contributed by atoms with Crippen molar-refractivity contribution in [3.63, 3.8) is 0 Å². The van der Waals surface area contributed by atoms with Gasteiger partial charge in [0.25, 0.3) is 5.91 Å². The molecular weight excluding hydrogens is 298 g/mol. The van der Waals surface area contributed by atoms with E-state index in [4.69, 9.17) is 0 Å². The monoisotopic (exact) mass is 315 g/mol. The fraction of sp³-hybridized carbons (Fsp3) is 0.100. The van der Waals surface area contributed by atoms with Gasteiger partial charge in [0.15, 0.2) is 0 Å². The van der Waals surface area contributed by atoms with Crippen molar-refractivity contribution in [2.45, 2.75) is 13.1 Å². The molecule has 1 N–H and O–H groups in total. The summed E-state index contributed by atoms with van der Waals surface area (Å²) in [6.45, 7) is 2.05. The Morgan fingerprint density at radius 2 is 1.79 bits per heavy atom. The van der Waals surface area contributed by atoms with E-state index in [-0.39, 0.29) is 12.1 Å². The second-order valence-electron chi connectivity index (χ2n) is 5.84. The lowest BCUT2D eigenvalue weighted by atomic mass is 10.1. The standard InChI is InChI=1S/C20H17N3O/c1-14-7-2-5-11-18(14)22-19-16-9-3-4-10-17(16)20(24)23(19)15-8-6-12-21-13-15/h2-13,19,22H,1H3. The number of carbonyl (C=O) groups is 1. The molecule has 0 radical (unpaired) electrons. The van der Waals surface area contributed by atoms with E-state index in [0.29, 0.717) is 0 Å². The van der Waals surface area contributed by atoms with E-state index in [1.54, 1.807) is 17.3 Å². The summed E-state index contributed by atoms with van der Waals surface area (Å²) in [4.78, 5) is 18.9. The summed E-state index contributed by atoms with van der Waals surface area (Å²) in [7, 11) is 0. The second-order valence-corrected chi connectivity index (χ2v) is 5.84. The number of pyridine rings is 1.